The quantitative estimate of drug-likeness (QED) is 0.515. The van der Waals surface area contributed by atoms with Gasteiger partial charge >= 0.3 is 0 Å². The van der Waals surface area contributed by atoms with Gasteiger partial charge in [0.1, 0.15) is 11.3 Å². The van der Waals surface area contributed by atoms with Crippen molar-refractivity contribution in [2.24, 2.45) is 0 Å². The molecule has 0 aliphatic heterocycles. The highest BCUT2D eigenvalue weighted by Gasteiger charge is 2.10. The van der Waals surface area contributed by atoms with Gasteiger partial charge in [0.25, 0.3) is 5.19 Å². The molecule has 0 unspecified atom stereocenters. The number of hydrogen-bond donors (Lipinski definition) is 1. The Labute approximate surface area is 143 Å². The summed E-state index contributed by atoms with van der Waals surface area (Å²) in [4.78, 5) is 8.61. The van der Waals surface area contributed by atoms with Crippen LogP contribution in [0.3, 0.4) is 0 Å². The van der Waals surface area contributed by atoms with Crippen LogP contribution in [0.2, 0.25) is 0 Å². The zero-order chi connectivity index (χ0) is 16.4. The maximum atomic E-state index is 5.87. The third-order valence-electron chi connectivity index (χ3n) is 3.72. The second kappa shape index (κ2) is 6.59. The maximum Gasteiger partial charge on any atom is 0.281 e. The molecule has 0 saturated heterocycles. The molecule has 24 heavy (non-hydrogen) atoms. The van der Waals surface area contributed by atoms with Crippen LogP contribution in [0.1, 0.15) is 18.9 Å². The molecule has 3 aromatic heterocycles. The molecular weight excluding hydrogens is 322 g/mol. The van der Waals surface area contributed by atoms with E-state index in [9.17, 15) is 0 Å². The van der Waals surface area contributed by atoms with Crippen molar-refractivity contribution in [3.63, 3.8) is 0 Å². The van der Waals surface area contributed by atoms with Gasteiger partial charge in [0, 0.05) is 29.8 Å². The van der Waals surface area contributed by atoms with Gasteiger partial charge in [-0.2, -0.15) is 4.98 Å². The number of hydrogen-bond acceptors (Lipinski definition) is 6. The Balaban J connectivity index is 1.56. The summed E-state index contributed by atoms with van der Waals surface area (Å²) in [6, 6.07) is 9.76. The molecule has 122 valence electrons. The molecule has 0 atom stereocenters. The predicted octanol–water partition coefficient (Wildman–Crippen LogP) is 4.73. The molecule has 0 amide bonds. The van der Waals surface area contributed by atoms with Crippen molar-refractivity contribution in [2.45, 2.75) is 19.9 Å². The number of rotatable bonds is 6. The molecule has 0 bridgehead atoms. The molecule has 0 saturated carbocycles. The van der Waals surface area contributed by atoms with Crippen molar-refractivity contribution in [3.05, 3.63) is 48.4 Å². The lowest BCUT2D eigenvalue weighted by atomic mass is 10.1. The molecule has 0 fully saturated rings. The van der Waals surface area contributed by atoms with Crippen LogP contribution in [0.25, 0.3) is 21.3 Å². The van der Waals surface area contributed by atoms with E-state index in [1.807, 2.05) is 30.3 Å². The smallest absolute Gasteiger partial charge is 0.281 e. The molecule has 5 nitrogen and oxygen atoms in total. The minimum absolute atomic E-state index is 0.583. The molecule has 3 heterocycles. The van der Waals surface area contributed by atoms with Crippen LogP contribution in [0, 0.1) is 0 Å². The predicted molar refractivity (Wildman–Crippen MR) is 95.7 cm³/mol. The molecule has 0 radical (unpaired) electrons. The van der Waals surface area contributed by atoms with Gasteiger partial charge in [0.05, 0.1) is 11.0 Å². The minimum Gasteiger partial charge on any atom is -0.464 e. The Morgan fingerprint density at radius 1 is 1.29 bits per heavy atom. The van der Waals surface area contributed by atoms with Crippen LogP contribution in [-0.2, 0) is 6.54 Å². The van der Waals surface area contributed by atoms with Gasteiger partial charge in [-0.15, -0.1) is 0 Å². The Morgan fingerprint density at radius 2 is 2.25 bits per heavy atom. The van der Waals surface area contributed by atoms with E-state index in [0.717, 1.165) is 40.7 Å². The van der Waals surface area contributed by atoms with Crippen LogP contribution in [0.4, 0.5) is 0 Å². The normalized spacial score (nSPS) is 11.4. The monoisotopic (exact) mass is 339 g/mol. The van der Waals surface area contributed by atoms with E-state index in [-0.39, 0.29) is 0 Å². The van der Waals surface area contributed by atoms with Crippen molar-refractivity contribution >= 4 is 32.7 Å². The van der Waals surface area contributed by atoms with Crippen molar-refractivity contribution in [3.8, 4) is 10.9 Å². The summed E-state index contributed by atoms with van der Waals surface area (Å²) < 4.78 is 12.5. The molecule has 4 aromatic rings. The fraction of sp³-hybridized carbons (Fsp3) is 0.222. The van der Waals surface area contributed by atoms with E-state index in [1.54, 1.807) is 12.5 Å². The standard InChI is InChI=1S/C18H17N3O2S/c1-2-7-19-10-12-11-22-15-9-13(5-6-14(12)15)23-18-21-17-16(24-18)4-3-8-20-17/h3-6,8-9,11,19H,2,7,10H2,1H3. The Kier molecular flexibility index (Phi) is 4.15. The average Bonchev–Trinajstić information content (AvgIpc) is 3.18. The summed E-state index contributed by atoms with van der Waals surface area (Å²) in [6.45, 7) is 3.96. The van der Waals surface area contributed by atoms with Crippen molar-refractivity contribution < 1.29 is 9.15 Å². The molecule has 1 aromatic carbocycles. The lowest BCUT2D eigenvalue weighted by molar-refractivity contribution is 0.479. The van der Waals surface area contributed by atoms with E-state index < -0.39 is 0 Å². The van der Waals surface area contributed by atoms with E-state index in [1.165, 1.54) is 11.3 Å². The Morgan fingerprint density at radius 3 is 3.12 bits per heavy atom. The van der Waals surface area contributed by atoms with Crippen LogP contribution >= 0.6 is 11.3 Å². The SMILES string of the molecule is CCCNCc1coc2cc(Oc3nc4ncccc4s3)ccc12. The number of benzene rings is 1. The molecule has 4 rings (SSSR count). The van der Waals surface area contributed by atoms with Gasteiger partial charge in [0.15, 0.2) is 5.65 Å². The van der Waals surface area contributed by atoms with Gasteiger partial charge in [-0.1, -0.05) is 18.3 Å². The topological polar surface area (TPSA) is 60.2 Å². The number of nitrogens with zero attached hydrogens (tertiary/aromatic N) is 2. The molecule has 0 aliphatic rings. The van der Waals surface area contributed by atoms with Crippen molar-refractivity contribution in [1.29, 1.82) is 0 Å². The van der Waals surface area contributed by atoms with Crippen LogP contribution in [0.15, 0.2) is 47.2 Å². The van der Waals surface area contributed by atoms with Gasteiger partial charge in [0.2, 0.25) is 0 Å². The zero-order valence-electron chi connectivity index (χ0n) is 13.3. The Bertz CT molecular complexity index is 944. The highest BCUT2D eigenvalue weighted by atomic mass is 32.1. The number of furan rings is 1. The lowest BCUT2D eigenvalue weighted by Gasteiger charge is -2.02. The number of fused-ring (bicyclic) bond motifs is 2. The van der Waals surface area contributed by atoms with Crippen LogP contribution < -0.4 is 10.1 Å². The highest BCUT2D eigenvalue weighted by molar-refractivity contribution is 7.20. The minimum atomic E-state index is 0.583. The fourth-order valence-electron chi connectivity index (χ4n) is 2.56. The zero-order valence-corrected chi connectivity index (χ0v) is 14.1. The van der Waals surface area contributed by atoms with E-state index >= 15 is 0 Å². The fourth-order valence-corrected chi connectivity index (χ4v) is 3.35. The first-order valence-corrected chi connectivity index (χ1v) is 8.75. The third kappa shape index (κ3) is 2.98. The summed E-state index contributed by atoms with van der Waals surface area (Å²) in [7, 11) is 0. The lowest BCUT2D eigenvalue weighted by Crippen LogP contribution is -2.13. The maximum absolute atomic E-state index is 5.87. The summed E-state index contributed by atoms with van der Waals surface area (Å²) in [5, 5.41) is 5.08. The first kappa shape index (κ1) is 15.1. The molecule has 6 heteroatoms. The van der Waals surface area contributed by atoms with Crippen molar-refractivity contribution in [1.82, 2.24) is 15.3 Å². The van der Waals surface area contributed by atoms with Gasteiger partial charge < -0.3 is 14.5 Å². The van der Waals surface area contributed by atoms with E-state index in [4.69, 9.17) is 9.15 Å². The Hall–Kier alpha value is -2.44. The van der Waals surface area contributed by atoms with E-state index in [0.29, 0.717) is 16.6 Å². The van der Waals surface area contributed by atoms with Gasteiger partial charge in [-0.25, -0.2) is 4.98 Å². The van der Waals surface area contributed by atoms with Gasteiger partial charge in [-0.3, -0.25) is 0 Å². The molecule has 1 N–H and O–H groups in total. The number of nitrogens with one attached hydrogen (secondary N) is 1. The van der Waals surface area contributed by atoms with Crippen molar-refractivity contribution in [2.75, 3.05) is 6.54 Å². The van der Waals surface area contributed by atoms with Crippen LogP contribution in [0.5, 0.6) is 10.9 Å². The largest absolute Gasteiger partial charge is 0.464 e. The van der Waals surface area contributed by atoms with Crippen LogP contribution in [-0.4, -0.2) is 16.5 Å². The number of aromatic nitrogens is 2. The first-order valence-electron chi connectivity index (χ1n) is 7.94. The first-order chi connectivity index (χ1) is 11.8. The summed E-state index contributed by atoms with van der Waals surface area (Å²) in [5.74, 6) is 0.712. The number of thiazole rings is 1. The van der Waals surface area contributed by atoms with E-state index in [2.05, 4.69) is 22.2 Å². The summed E-state index contributed by atoms with van der Waals surface area (Å²) in [5.41, 5.74) is 2.69. The molecule has 0 spiro atoms. The second-order valence-electron chi connectivity index (χ2n) is 5.50. The summed E-state index contributed by atoms with van der Waals surface area (Å²) >= 11 is 1.48. The number of pyridine rings is 1. The second-order valence-corrected chi connectivity index (χ2v) is 6.50. The molecule has 0 aliphatic carbocycles. The summed E-state index contributed by atoms with van der Waals surface area (Å²) in [6.07, 6.45) is 4.65. The third-order valence-corrected chi connectivity index (χ3v) is 4.61. The number of ether oxygens (including phenoxy) is 1. The highest BCUT2D eigenvalue weighted by Crippen LogP contribution is 2.32. The average molecular weight is 339 g/mol. The molecular formula is C18H17N3O2S. The van der Waals surface area contributed by atoms with Gasteiger partial charge in [-0.05, 0) is 37.2 Å².